The molecule has 4 aromatic rings. The van der Waals surface area contributed by atoms with Crippen LogP contribution in [0, 0.1) is 5.92 Å². The van der Waals surface area contributed by atoms with Crippen LogP contribution in [0.1, 0.15) is 36.2 Å². The van der Waals surface area contributed by atoms with Gasteiger partial charge in [0.1, 0.15) is 0 Å². The molecule has 9 heteroatoms. The largest absolute Gasteiger partial charge is 0.492 e. The van der Waals surface area contributed by atoms with E-state index in [9.17, 15) is 9.90 Å². The first-order valence-corrected chi connectivity index (χ1v) is 11.5. The number of carbonyl (C=O) groups is 1. The van der Waals surface area contributed by atoms with Gasteiger partial charge >= 0.3 is 5.97 Å². The number of furan rings is 1. The number of ether oxygens (including phenoxy) is 1. The molecular formula is C23H24N4O4S. The Morgan fingerprint density at radius 1 is 1.31 bits per heavy atom. The summed E-state index contributed by atoms with van der Waals surface area (Å²) in [4.78, 5) is 20.6. The molecule has 1 fully saturated rings. The number of carbonyl (C=O) groups excluding carboxylic acids is 1. The second-order valence-electron chi connectivity index (χ2n) is 7.80. The van der Waals surface area contributed by atoms with Gasteiger partial charge in [-0.1, -0.05) is 41.7 Å². The Morgan fingerprint density at radius 2 is 2.16 bits per heavy atom. The molecule has 2 unspecified atom stereocenters. The third kappa shape index (κ3) is 3.78. The number of aromatic hydroxyl groups is 1. The molecule has 1 aromatic carbocycles. The Kier molecular flexibility index (Phi) is 5.67. The van der Waals surface area contributed by atoms with E-state index in [1.165, 1.54) is 15.9 Å². The van der Waals surface area contributed by atoms with Gasteiger partial charge in [0, 0.05) is 6.54 Å². The number of piperidine rings is 1. The highest BCUT2D eigenvalue weighted by Gasteiger charge is 2.35. The molecule has 166 valence electrons. The molecule has 1 aliphatic heterocycles. The van der Waals surface area contributed by atoms with Crippen LogP contribution in [0.15, 0.2) is 53.1 Å². The molecule has 0 bridgehead atoms. The van der Waals surface area contributed by atoms with Gasteiger partial charge in [-0.3, -0.25) is 9.69 Å². The fraction of sp³-hybridized carbons (Fsp3) is 0.348. The Bertz CT molecular complexity index is 1200. The summed E-state index contributed by atoms with van der Waals surface area (Å²) in [7, 11) is 0. The molecule has 0 amide bonds. The van der Waals surface area contributed by atoms with E-state index >= 15 is 0 Å². The van der Waals surface area contributed by atoms with Gasteiger partial charge in [0.25, 0.3) is 0 Å². The first-order valence-electron chi connectivity index (χ1n) is 10.7. The first kappa shape index (κ1) is 20.7. The molecule has 0 radical (unpaired) electrons. The standard InChI is InChI=1S/C23H24N4O4S/c1-2-30-22(29)16-10-6-12-26(14-16)18(15-8-4-3-5-9-15)19-21(28)27-23(32-19)24-20(25-27)17-11-7-13-31-17/h3-5,7-9,11,13,16,18,28H,2,6,10,12,14H2,1H3. The van der Waals surface area contributed by atoms with E-state index in [-0.39, 0.29) is 23.8 Å². The minimum atomic E-state index is -0.214. The van der Waals surface area contributed by atoms with Crippen LogP contribution >= 0.6 is 11.3 Å². The van der Waals surface area contributed by atoms with Gasteiger partial charge in [0.05, 0.1) is 29.7 Å². The number of hydrogen-bond donors (Lipinski definition) is 1. The van der Waals surface area contributed by atoms with Crippen LogP contribution in [0.2, 0.25) is 0 Å². The van der Waals surface area contributed by atoms with Crippen molar-refractivity contribution < 1.29 is 19.1 Å². The first-order chi connectivity index (χ1) is 15.7. The zero-order chi connectivity index (χ0) is 22.1. The van der Waals surface area contributed by atoms with Crippen LogP contribution in [0.5, 0.6) is 5.88 Å². The fourth-order valence-corrected chi connectivity index (χ4v) is 5.41. The number of rotatable bonds is 6. The number of fused-ring (bicyclic) bond motifs is 1. The lowest BCUT2D eigenvalue weighted by molar-refractivity contribution is -0.150. The van der Waals surface area contributed by atoms with Crippen molar-refractivity contribution in [2.75, 3.05) is 19.7 Å². The summed E-state index contributed by atoms with van der Waals surface area (Å²) in [6.07, 6.45) is 3.26. The quantitative estimate of drug-likeness (QED) is 0.440. The lowest BCUT2D eigenvalue weighted by Crippen LogP contribution is -2.41. The van der Waals surface area contributed by atoms with Gasteiger partial charge in [-0.2, -0.15) is 9.50 Å². The van der Waals surface area contributed by atoms with E-state index in [2.05, 4.69) is 15.0 Å². The zero-order valence-electron chi connectivity index (χ0n) is 17.7. The Morgan fingerprint density at radius 3 is 2.88 bits per heavy atom. The number of benzene rings is 1. The molecule has 5 rings (SSSR count). The van der Waals surface area contributed by atoms with Crippen LogP contribution in [-0.4, -0.2) is 50.3 Å². The van der Waals surface area contributed by atoms with Crippen LogP contribution in [-0.2, 0) is 9.53 Å². The lowest BCUT2D eigenvalue weighted by atomic mass is 9.94. The number of likely N-dealkylation sites (tertiary alicyclic amines) is 1. The van der Waals surface area contributed by atoms with Crippen molar-refractivity contribution in [3.8, 4) is 17.5 Å². The van der Waals surface area contributed by atoms with Crippen LogP contribution in [0.25, 0.3) is 16.5 Å². The number of aromatic nitrogens is 3. The number of hydrogen-bond acceptors (Lipinski definition) is 8. The normalized spacial score (nSPS) is 18.1. The maximum atomic E-state index is 12.4. The second-order valence-corrected chi connectivity index (χ2v) is 8.81. The molecule has 8 nitrogen and oxygen atoms in total. The summed E-state index contributed by atoms with van der Waals surface area (Å²) < 4.78 is 12.1. The average molecular weight is 453 g/mol. The molecule has 3 aromatic heterocycles. The minimum Gasteiger partial charge on any atom is -0.492 e. The van der Waals surface area contributed by atoms with E-state index in [1.54, 1.807) is 18.4 Å². The van der Waals surface area contributed by atoms with Crippen LogP contribution < -0.4 is 0 Å². The highest BCUT2D eigenvalue weighted by Crippen LogP contribution is 2.41. The summed E-state index contributed by atoms with van der Waals surface area (Å²) in [5.74, 6) is 0.709. The molecule has 0 spiro atoms. The molecule has 1 N–H and O–H groups in total. The minimum absolute atomic E-state index is 0.0578. The maximum absolute atomic E-state index is 12.4. The molecule has 0 saturated carbocycles. The van der Waals surface area contributed by atoms with Crippen molar-refractivity contribution in [1.29, 1.82) is 0 Å². The molecule has 1 saturated heterocycles. The van der Waals surface area contributed by atoms with E-state index in [1.807, 2.05) is 37.3 Å². The Balaban J connectivity index is 1.53. The summed E-state index contributed by atoms with van der Waals surface area (Å²) >= 11 is 1.40. The van der Waals surface area contributed by atoms with E-state index in [4.69, 9.17) is 9.15 Å². The van der Waals surface area contributed by atoms with Gasteiger partial charge in [-0.15, -0.1) is 5.10 Å². The topological polar surface area (TPSA) is 93.1 Å². The SMILES string of the molecule is CCOC(=O)C1CCCN(C(c2ccccc2)c2sc3nc(-c4ccco4)nn3c2O)C1. The van der Waals surface area contributed by atoms with E-state index in [0.717, 1.165) is 29.8 Å². The highest BCUT2D eigenvalue weighted by atomic mass is 32.1. The predicted molar refractivity (Wildman–Crippen MR) is 119 cm³/mol. The van der Waals surface area contributed by atoms with Crippen molar-refractivity contribution in [2.24, 2.45) is 5.92 Å². The third-order valence-corrected chi connectivity index (χ3v) is 6.82. The number of thiazole rings is 1. The van der Waals surface area contributed by atoms with Crippen molar-refractivity contribution >= 4 is 22.3 Å². The summed E-state index contributed by atoms with van der Waals surface area (Å²) in [6, 6.07) is 13.4. The fourth-order valence-electron chi connectivity index (χ4n) is 4.30. The maximum Gasteiger partial charge on any atom is 0.310 e. The summed E-state index contributed by atoms with van der Waals surface area (Å²) in [6.45, 7) is 3.60. The van der Waals surface area contributed by atoms with Crippen molar-refractivity contribution in [1.82, 2.24) is 19.5 Å². The monoisotopic (exact) mass is 452 g/mol. The Hall–Kier alpha value is -3.17. The zero-order valence-corrected chi connectivity index (χ0v) is 18.5. The smallest absolute Gasteiger partial charge is 0.310 e. The molecule has 0 aliphatic carbocycles. The predicted octanol–water partition coefficient (Wildman–Crippen LogP) is 4.12. The van der Waals surface area contributed by atoms with E-state index in [0.29, 0.717) is 29.7 Å². The van der Waals surface area contributed by atoms with Crippen molar-refractivity contribution in [3.63, 3.8) is 0 Å². The van der Waals surface area contributed by atoms with Gasteiger partial charge in [-0.05, 0) is 44.0 Å². The number of nitrogens with zero attached hydrogens (tertiary/aromatic N) is 4. The highest BCUT2D eigenvalue weighted by molar-refractivity contribution is 7.17. The van der Waals surface area contributed by atoms with Crippen molar-refractivity contribution in [3.05, 3.63) is 59.2 Å². The number of esters is 1. The van der Waals surface area contributed by atoms with Gasteiger partial charge in [0.2, 0.25) is 16.7 Å². The Labute approximate surface area is 189 Å². The van der Waals surface area contributed by atoms with Crippen LogP contribution in [0.3, 0.4) is 0 Å². The second kappa shape index (κ2) is 8.76. The van der Waals surface area contributed by atoms with Gasteiger partial charge in [0.15, 0.2) is 5.76 Å². The van der Waals surface area contributed by atoms with Gasteiger partial charge in [-0.25, -0.2) is 0 Å². The van der Waals surface area contributed by atoms with Crippen LogP contribution in [0.4, 0.5) is 0 Å². The molecule has 2 atom stereocenters. The molecule has 4 heterocycles. The van der Waals surface area contributed by atoms with E-state index < -0.39 is 0 Å². The summed E-state index contributed by atoms with van der Waals surface area (Å²) in [5, 5.41) is 15.6. The average Bonchev–Trinajstić information content (AvgIpc) is 3.54. The molecular weight excluding hydrogens is 428 g/mol. The van der Waals surface area contributed by atoms with Crippen molar-refractivity contribution in [2.45, 2.75) is 25.8 Å². The summed E-state index contributed by atoms with van der Waals surface area (Å²) in [5.41, 5.74) is 1.04. The third-order valence-electron chi connectivity index (χ3n) is 5.74. The molecule has 32 heavy (non-hydrogen) atoms. The molecule has 1 aliphatic rings. The van der Waals surface area contributed by atoms with Gasteiger partial charge < -0.3 is 14.3 Å². The lowest BCUT2D eigenvalue weighted by Gasteiger charge is -2.37.